The number of anilines is 1. The molecule has 0 spiro atoms. The second kappa shape index (κ2) is 7.54. The van der Waals surface area contributed by atoms with Gasteiger partial charge in [0.2, 0.25) is 0 Å². The van der Waals surface area contributed by atoms with Crippen molar-refractivity contribution in [2.75, 3.05) is 5.73 Å². The smallest absolute Gasteiger partial charge is 0.142 e. The molecule has 110 valence electrons. The molecule has 0 unspecified atom stereocenters. The van der Waals surface area contributed by atoms with Crippen molar-refractivity contribution in [3.8, 4) is 23.7 Å². The molecule has 2 rings (SSSR count). The van der Waals surface area contributed by atoms with Gasteiger partial charge in [-0.05, 0) is 12.8 Å². The van der Waals surface area contributed by atoms with E-state index in [9.17, 15) is 0 Å². The van der Waals surface area contributed by atoms with Gasteiger partial charge < -0.3 is 5.73 Å². The molecule has 0 bridgehead atoms. The van der Waals surface area contributed by atoms with Crippen LogP contribution in [0.4, 0.5) is 5.82 Å². The summed E-state index contributed by atoms with van der Waals surface area (Å²) in [6.45, 7) is 2.67. The first kappa shape index (κ1) is 15.2. The van der Waals surface area contributed by atoms with Crippen molar-refractivity contribution in [3.63, 3.8) is 0 Å². The molecule has 0 radical (unpaired) electrons. The highest BCUT2D eigenvalue weighted by Gasteiger charge is 2.15. The van der Waals surface area contributed by atoms with Crippen LogP contribution in [0.15, 0.2) is 30.3 Å². The van der Waals surface area contributed by atoms with E-state index in [-0.39, 0.29) is 0 Å². The first-order chi connectivity index (χ1) is 10.3. The highest BCUT2D eigenvalue weighted by atomic mass is 15.1. The summed E-state index contributed by atoms with van der Waals surface area (Å²) >= 11 is 0. The lowest BCUT2D eigenvalue weighted by molar-refractivity contribution is 0.662. The molecule has 1 heterocycles. The monoisotopic (exact) mass is 281 g/mol. The van der Waals surface area contributed by atoms with Crippen molar-refractivity contribution in [2.24, 2.45) is 0 Å². The number of benzene rings is 1. The zero-order valence-electron chi connectivity index (χ0n) is 12.7. The second-order valence-corrected chi connectivity index (χ2v) is 5.23. The topological polar surface area (TPSA) is 43.8 Å². The van der Waals surface area contributed by atoms with Gasteiger partial charge in [0.05, 0.1) is 12.2 Å². The Morgan fingerprint density at radius 3 is 2.62 bits per heavy atom. The van der Waals surface area contributed by atoms with Crippen LogP contribution < -0.4 is 5.73 Å². The Balaban J connectivity index is 2.26. The van der Waals surface area contributed by atoms with Crippen LogP contribution in [0.2, 0.25) is 0 Å². The molecule has 0 aliphatic rings. The fraction of sp³-hybridized carbons (Fsp3) is 0.389. The predicted octanol–water partition coefficient (Wildman–Crippen LogP) is 3.89. The number of rotatable bonds is 7. The molecule has 1 aromatic heterocycles. The largest absolute Gasteiger partial charge is 0.384 e. The molecule has 0 saturated carbocycles. The fourth-order valence-electron chi connectivity index (χ4n) is 2.48. The van der Waals surface area contributed by atoms with Crippen molar-refractivity contribution in [2.45, 2.75) is 45.6 Å². The Bertz CT molecular complexity index is 605. The van der Waals surface area contributed by atoms with Gasteiger partial charge in [0.1, 0.15) is 11.6 Å². The third-order valence-corrected chi connectivity index (χ3v) is 3.63. The molecule has 1 aromatic carbocycles. The molecule has 0 fully saturated rings. The molecule has 0 aliphatic carbocycles. The first-order valence-electron chi connectivity index (χ1n) is 7.61. The maximum Gasteiger partial charge on any atom is 0.142 e. The van der Waals surface area contributed by atoms with Crippen LogP contribution in [0.3, 0.4) is 0 Å². The summed E-state index contributed by atoms with van der Waals surface area (Å²) in [6, 6.07) is 10.1. The van der Waals surface area contributed by atoms with Gasteiger partial charge in [0, 0.05) is 5.56 Å². The van der Waals surface area contributed by atoms with E-state index in [4.69, 9.17) is 17.1 Å². The zero-order valence-corrected chi connectivity index (χ0v) is 12.7. The van der Waals surface area contributed by atoms with Crippen LogP contribution in [0, 0.1) is 12.3 Å². The first-order valence-corrected chi connectivity index (χ1v) is 7.61. The summed E-state index contributed by atoms with van der Waals surface area (Å²) < 4.78 is 1.94. The van der Waals surface area contributed by atoms with Gasteiger partial charge in [-0.15, -0.1) is 6.42 Å². The van der Waals surface area contributed by atoms with E-state index >= 15 is 0 Å². The number of nitrogens with two attached hydrogens (primary N) is 1. The number of aryl methyl sites for hydroxylation is 1. The molecule has 0 amide bonds. The molecule has 2 N–H and O–H groups in total. The molecule has 0 aliphatic heterocycles. The van der Waals surface area contributed by atoms with E-state index in [0.29, 0.717) is 12.4 Å². The van der Waals surface area contributed by atoms with E-state index in [1.165, 1.54) is 19.3 Å². The maximum atomic E-state index is 6.25. The Morgan fingerprint density at radius 1 is 1.19 bits per heavy atom. The van der Waals surface area contributed by atoms with Crippen LogP contribution in [0.5, 0.6) is 0 Å². The molecular weight excluding hydrogens is 258 g/mol. The number of nitrogen functional groups attached to an aromatic ring is 1. The van der Waals surface area contributed by atoms with Crippen molar-refractivity contribution in [3.05, 3.63) is 36.0 Å². The van der Waals surface area contributed by atoms with Crippen molar-refractivity contribution in [1.29, 1.82) is 0 Å². The molecule has 2 aromatic rings. The number of nitrogens with zero attached hydrogens (tertiary/aromatic N) is 2. The van der Waals surface area contributed by atoms with Gasteiger partial charge in [-0.3, -0.25) is 4.57 Å². The van der Waals surface area contributed by atoms with Crippen molar-refractivity contribution >= 4 is 5.82 Å². The third-order valence-electron chi connectivity index (χ3n) is 3.63. The Kier molecular flexibility index (Phi) is 5.45. The lowest BCUT2D eigenvalue weighted by atomic mass is 10.1. The summed E-state index contributed by atoms with van der Waals surface area (Å²) in [4.78, 5) is 4.74. The summed E-state index contributed by atoms with van der Waals surface area (Å²) in [5.41, 5.74) is 8.27. The van der Waals surface area contributed by atoms with E-state index in [1.807, 2.05) is 34.9 Å². The number of terminal acetylenes is 1. The molecule has 0 atom stereocenters. The van der Waals surface area contributed by atoms with Gasteiger partial charge in [-0.2, -0.15) is 0 Å². The summed E-state index contributed by atoms with van der Waals surface area (Å²) in [7, 11) is 0. The third kappa shape index (κ3) is 3.66. The normalized spacial score (nSPS) is 10.5. The average molecular weight is 281 g/mol. The van der Waals surface area contributed by atoms with Gasteiger partial charge in [-0.1, -0.05) is 62.4 Å². The van der Waals surface area contributed by atoms with Crippen molar-refractivity contribution in [1.82, 2.24) is 9.55 Å². The van der Waals surface area contributed by atoms with Crippen LogP contribution >= 0.6 is 0 Å². The molecular formula is C18H23N3. The minimum Gasteiger partial charge on any atom is -0.384 e. The van der Waals surface area contributed by atoms with Gasteiger partial charge in [-0.25, -0.2) is 4.98 Å². The van der Waals surface area contributed by atoms with Crippen LogP contribution in [0.1, 0.15) is 38.3 Å². The highest BCUT2D eigenvalue weighted by Crippen LogP contribution is 2.25. The van der Waals surface area contributed by atoms with Gasteiger partial charge in [0.25, 0.3) is 0 Å². The Morgan fingerprint density at radius 2 is 1.95 bits per heavy atom. The minimum absolute atomic E-state index is 0.456. The molecule has 0 saturated heterocycles. The number of hydrogen-bond acceptors (Lipinski definition) is 2. The Hall–Kier alpha value is -2.21. The number of imidazole rings is 1. The van der Waals surface area contributed by atoms with Crippen LogP contribution in [0.25, 0.3) is 11.4 Å². The number of hydrogen-bond donors (Lipinski definition) is 1. The van der Waals surface area contributed by atoms with Crippen LogP contribution in [-0.2, 0) is 13.0 Å². The number of aromatic nitrogens is 2. The fourth-order valence-corrected chi connectivity index (χ4v) is 2.48. The average Bonchev–Trinajstić information content (AvgIpc) is 2.82. The second-order valence-electron chi connectivity index (χ2n) is 5.23. The maximum absolute atomic E-state index is 6.25. The van der Waals surface area contributed by atoms with Crippen LogP contribution in [-0.4, -0.2) is 9.55 Å². The van der Waals surface area contributed by atoms with E-state index in [0.717, 1.165) is 29.9 Å². The number of unbranched alkanes of at least 4 members (excludes halogenated alkanes) is 3. The van der Waals surface area contributed by atoms with E-state index < -0.39 is 0 Å². The summed E-state index contributed by atoms with van der Waals surface area (Å²) in [6.07, 6.45) is 11.2. The molecule has 3 nitrogen and oxygen atoms in total. The van der Waals surface area contributed by atoms with Gasteiger partial charge in [0.15, 0.2) is 0 Å². The lowest BCUT2D eigenvalue weighted by Crippen LogP contribution is -2.04. The highest BCUT2D eigenvalue weighted by molar-refractivity contribution is 5.60. The minimum atomic E-state index is 0.456. The predicted molar refractivity (Wildman–Crippen MR) is 88.8 cm³/mol. The SMILES string of the molecule is C#CCn1c(-c2ccccc2)nc(CCCCCC)c1N. The van der Waals surface area contributed by atoms with E-state index in [2.05, 4.69) is 12.8 Å². The zero-order chi connectivity index (χ0) is 15.1. The summed E-state index contributed by atoms with van der Waals surface area (Å²) in [5, 5.41) is 0. The molecule has 3 heteroatoms. The standard InChI is InChI=1S/C18H23N3/c1-3-5-6-10-13-16-17(19)21(14-4-2)18(20-16)15-11-8-7-9-12-15/h2,7-9,11-12H,3,5-6,10,13-14,19H2,1H3. The van der Waals surface area contributed by atoms with E-state index in [1.54, 1.807) is 0 Å². The summed E-state index contributed by atoms with van der Waals surface area (Å²) in [5.74, 6) is 4.25. The quantitative estimate of drug-likeness (QED) is 0.618. The van der Waals surface area contributed by atoms with Crippen molar-refractivity contribution < 1.29 is 0 Å². The Labute approximate surface area is 127 Å². The lowest BCUT2D eigenvalue weighted by Gasteiger charge is -2.06. The van der Waals surface area contributed by atoms with Gasteiger partial charge >= 0.3 is 0 Å². The molecule has 21 heavy (non-hydrogen) atoms.